The standard InChI is InChI=1S/C30H42F3N7O2.C2HF3O2/c1-19-5-8-35-27(29(41-4)7-14-42-18-29)26(19)22-6-11-39(20(2)15-22)24-16-25(37-28(36-24)30(31,32)33)40-17-23(21(40)3)38-12-9-34-10-13-38;3-2(4,5)1(6)7/h5,8,16,20-23,34H,6-7,9-15,17-18H2,1-4H3;(H,6,7)/t20-,21-,22+,23-,29-;/m1./s1. The number of carboxylic acids is 1. The number of aryl methyl sites for hydroxylation is 1. The molecule has 2 N–H and O–H groups in total. The highest BCUT2D eigenvalue weighted by Gasteiger charge is 2.45. The van der Waals surface area contributed by atoms with Crippen LogP contribution < -0.4 is 15.1 Å². The minimum Gasteiger partial charge on any atom is -0.475 e. The van der Waals surface area contributed by atoms with Crippen LogP contribution in [0.15, 0.2) is 18.3 Å². The number of pyridine rings is 1. The normalized spacial score (nSPS) is 28.1. The van der Waals surface area contributed by atoms with E-state index in [1.54, 1.807) is 13.2 Å². The molecular formula is C32H43F6N7O4. The summed E-state index contributed by atoms with van der Waals surface area (Å²) < 4.78 is 85.6. The lowest BCUT2D eigenvalue weighted by Crippen LogP contribution is -2.68. The number of nitrogens with zero attached hydrogens (tertiary/aromatic N) is 6. The predicted octanol–water partition coefficient (Wildman–Crippen LogP) is 4.35. The molecule has 17 heteroatoms. The average Bonchev–Trinajstić information content (AvgIpc) is 3.54. The first-order chi connectivity index (χ1) is 23.1. The van der Waals surface area contributed by atoms with Gasteiger partial charge in [0.25, 0.3) is 0 Å². The minimum atomic E-state index is -5.08. The highest BCUT2D eigenvalue weighted by Crippen LogP contribution is 2.43. The van der Waals surface area contributed by atoms with Crippen LogP contribution in [0.2, 0.25) is 0 Å². The molecule has 4 aliphatic rings. The Bertz CT molecular complexity index is 1470. The summed E-state index contributed by atoms with van der Waals surface area (Å²) in [5.74, 6) is -2.93. The van der Waals surface area contributed by atoms with E-state index in [1.807, 2.05) is 22.1 Å². The Morgan fingerprint density at radius 2 is 1.73 bits per heavy atom. The summed E-state index contributed by atoms with van der Waals surface area (Å²) >= 11 is 0. The highest BCUT2D eigenvalue weighted by molar-refractivity contribution is 5.73. The van der Waals surface area contributed by atoms with Crippen molar-refractivity contribution in [2.75, 3.05) is 69.4 Å². The zero-order valence-corrected chi connectivity index (χ0v) is 27.9. The van der Waals surface area contributed by atoms with Crippen LogP contribution in [-0.4, -0.2) is 115 Å². The van der Waals surface area contributed by atoms with Crippen molar-refractivity contribution in [1.82, 2.24) is 25.2 Å². The monoisotopic (exact) mass is 703 g/mol. The Morgan fingerprint density at radius 1 is 1.08 bits per heavy atom. The number of hydrogen-bond acceptors (Lipinski definition) is 10. The quantitative estimate of drug-likeness (QED) is 0.419. The lowest BCUT2D eigenvalue weighted by atomic mass is 9.79. The molecule has 5 atom stereocenters. The molecule has 0 spiro atoms. The molecule has 0 saturated carbocycles. The number of hydrogen-bond donors (Lipinski definition) is 2. The number of nitrogens with one attached hydrogen (secondary N) is 1. The van der Waals surface area contributed by atoms with Crippen molar-refractivity contribution in [3.05, 3.63) is 41.0 Å². The van der Waals surface area contributed by atoms with Crippen molar-refractivity contribution in [2.24, 2.45) is 0 Å². The molecule has 0 amide bonds. The van der Waals surface area contributed by atoms with Crippen molar-refractivity contribution in [2.45, 2.75) is 82.0 Å². The van der Waals surface area contributed by atoms with E-state index >= 15 is 0 Å². The van der Waals surface area contributed by atoms with E-state index in [1.165, 1.54) is 5.56 Å². The van der Waals surface area contributed by atoms with Crippen LogP contribution in [0.5, 0.6) is 0 Å². The first-order valence-corrected chi connectivity index (χ1v) is 16.4. The largest absolute Gasteiger partial charge is 0.490 e. The number of rotatable bonds is 6. The zero-order valence-electron chi connectivity index (χ0n) is 27.9. The van der Waals surface area contributed by atoms with Crippen LogP contribution in [-0.2, 0) is 26.0 Å². The van der Waals surface area contributed by atoms with Crippen LogP contribution in [0.3, 0.4) is 0 Å². The summed E-state index contributed by atoms with van der Waals surface area (Å²) in [7, 11) is 1.71. The molecule has 2 aromatic heterocycles. The van der Waals surface area contributed by atoms with Crippen molar-refractivity contribution in [3.8, 4) is 0 Å². The van der Waals surface area contributed by atoms with Crippen molar-refractivity contribution in [1.29, 1.82) is 0 Å². The number of methoxy groups -OCH3 is 1. The van der Waals surface area contributed by atoms with Gasteiger partial charge in [0.1, 0.15) is 17.2 Å². The lowest BCUT2D eigenvalue weighted by molar-refractivity contribution is -0.192. The van der Waals surface area contributed by atoms with Gasteiger partial charge in [0.15, 0.2) is 0 Å². The number of piperazine rings is 1. The molecular weight excluding hydrogens is 660 g/mol. The predicted molar refractivity (Wildman–Crippen MR) is 168 cm³/mol. The number of aliphatic carboxylic acids is 1. The van der Waals surface area contributed by atoms with Gasteiger partial charge in [-0.25, -0.2) is 14.8 Å². The van der Waals surface area contributed by atoms with Gasteiger partial charge in [0.2, 0.25) is 5.82 Å². The van der Waals surface area contributed by atoms with Crippen LogP contribution in [0.25, 0.3) is 0 Å². The molecule has 4 aliphatic heterocycles. The number of anilines is 2. The fraction of sp³-hybridized carbons (Fsp3) is 0.688. The van der Waals surface area contributed by atoms with Gasteiger partial charge in [-0.3, -0.25) is 9.88 Å². The van der Waals surface area contributed by atoms with E-state index in [4.69, 9.17) is 24.4 Å². The molecule has 6 rings (SSSR count). The molecule has 4 saturated heterocycles. The Balaban J connectivity index is 0.000000606. The number of aromatic nitrogens is 3. The molecule has 4 fully saturated rings. The summed E-state index contributed by atoms with van der Waals surface area (Å²) in [5.41, 5.74) is 2.71. The molecule has 49 heavy (non-hydrogen) atoms. The molecule has 0 aromatic carbocycles. The first kappa shape index (κ1) is 37.0. The third-order valence-electron chi connectivity index (χ3n) is 10.1. The van der Waals surface area contributed by atoms with Gasteiger partial charge in [-0.15, -0.1) is 0 Å². The Labute approximate surface area is 281 Å². The molecule has 6 heterocycles. The fourth-order valence-electron chi connectivity index (χ4n) is 7.38. The van der Waals surface area contributed by atoms with E-state index in [0.29, 0.717) is 44.0 Å². The molecule has 0 bridgehead atoms. The summed E-state index contributed by atoms with van der Waals surface area (Å²) in [6.07, 6.45) is -5.59. The molecule has 0 radical (unpaired) electrons. The maximum atomic E-state index is 14.0. The SMILES string of the molecule is CO[C@]1(c2nccc(C)c2[C@H]2CCN(c3cc(N4C[C@@H](N5CCNCC5)[C@H]4C)nc(C(F)(F)F)n3)[C@H](C)C2)CCOC1.O=C(O)C(F)(F)F. The van der Waals surface area contributed by atoms with E-state index in [2.05, 4.69) is 41.0 Å². The minimum absolute atomic E-state index is 0.0271. The zero-order chi connectivity index (χ0) is 35.7. The maximum Gasteiger partial charge on any atom is 0.490 e. The first-order valence-electron chi connectivity index (χ1n) is 16.4. The van der Waals surface area contributed by atoms with Gasteiger partial charge in [0, 0.05) is 89.8 Å². The van der Waals surface area contributed by atoms with Crippen molar-refractivity contribution in [3.63, 3.8) is 0 Å². The fourth-order valence-corrected chi connectivity index (χ4v) is 7.38. The third-order valence-corrected chi connectivity index (χ3v) is 10.1. The van der Waals surface area contributed by atoms with Gasteiger partial charge in [-0.1, -0.05) is 0 Å². The second kappa shape index (κ2) is 14.5. The Hall–Kier alpha value is -3.28. The number of carboxylic acid groups (broad SMARTS) is 1. The smallest absolute Gasteiger partial charge is 0.475 e. The Morgan fingerprint density at radius 3 is 2.27 bits per heavy atom. The molecule has 11 nitrogen and oxygen atoms in total. The van der Waals surface area contributed by atoms with E-state index in [0.717, 1.165) is 56.7 Å². The van der Waals surface area contributed by atoms with Crippen LogP contribution in [0, 0.1) is 6.92 Å². The van der Waals surface area contributed by atoms with E-state index < -0.39 is 29.7 Å². The van der Waals surface area contributed by atoms with E-state index in [9.17, 15) is 26.3 Å². The second-order valence-corrected chi connectivity index (χ2v) is 13.1. The van der Waals surface area contributed by atoms with Crippen molar-refractivity contribution >= 4 is 17.6 Å². The van der Waals surface area contributed by atoms with Crippen LogP contribution in [0.1, 0.15) is 61.7 Å². The third kappa shape index (κ3) is 7.89. The van der Waals surface area contributed by atoms with Crippen molar-refractivity contribution < 1.29 is 45.7 Å². The molecule has 2 aromatic rings. The van der Waals surface area contributed by atoms with Gasteiger partial charge < -0.3 is 29.7 Å². The lowest BCUT2D eigenvalue weighted by Gasteiger charge is -2.53. The molecule has 272 valence electrons. The molecule has 0 unspecified atom stereocenters. The number of ether oxygens (including phenoxy) is 2. The Kier molecular flexibility index (Phi) is 11.0. The maximum absolute atomic E-state index is 14.0. The van der Waals surface area contributed by atoms with Gasteiger partial charge >= 0.3 is 18.3 Å². The average molecular weight is 704 g/mol. The number of alkyl halides is 6. The van der Waals surface area contributed by atoms with Gasteiger partial charge in [-0.05, 0) is 56.7 Å². The summed E-state index contributed by atoms with van der Waals surface area (Å²) in [4.78, 5) is 28.2. The number of halogens is 6. The number of piperidine rings is 1. The number of carbonyl (C=O) groups is 1. The van der Waals surface area contributed by atoms with E-state index in [-0.39, 0.29) is 18.0 Å². The van der Waals surface area contributed by atoms with Gasteiger partial charge in [-0.2, -0.15) is 26.3 Å². The van der Waals surface area contributed by atoms with Crippen LogP contribution in [0.4, 0.5) is 38.0 Å². The second-order valence-electron chi connectivity index (χ2n) is 13.1. The molecule has 0 aliphatic carbocycles. The topological polar surface area (TPSA) is 116 Å². The summed E-state index contributed by atoms with van der Waals surface area (Å²) in [6.45, 7) is 12.4. The summed E-state index contributed by atoms with van der Waals surface area (Å²) in [6, 6.07) is 4.15. The highest BCUT2D eigenvalue weighted by atomic mass is 19.4. The van der Waals surface area contributed by atoms with Crippen LogP contribution >= 0.6 is 0 Å². The van der Waals surface area contributed by atoms with Gasteiger partial charge in [0.05, 0.1) is 12.3 Å². The summed E-state index contributed by atoms with van der Waals surface area (Å²) in [5, 5.41) is 10.5.